The van der Waals surface area contributed by atoms with Gasteiger partial charge in [0.1, 0.15) is 5.75 Å². The van der Waals surface area contributed by atoms with Crippen LogP contribution in [0.15, 0.2) is 29.8 Å². The van der Waals surface area contributed by atoms with Crippen molar-refractivity contribution >= 4 is 5.97 Å². The summed E-state index contributed by atoms with van der Waals surface area (Å²) in [5.41, 5.74) is 0.899. The molecule has 0 unspecified atom stereocenters. The summed E-state index contributed by atoms with van der Waals surface area (Å²) < 4.78 is 10.6. The molecule has 0 saturated carbocycles. The Labute approximate surface area is 112 Å². The molecule has 2 atom stereocenters. The maximum atomic E-state index is 11.2. The number of fused-ring (bicyclic) bond motifs is 1. The minimum Gasteiger partial charge on any atom is -0.496 e. The molecule has 2 rings (SSSR count). The van der Waals surface area contributed by atoms with Gasteiger partial charge in [0.2, 0.25) is 0 Å². The van der Waals surface area contributed by atoms with Crippen LogP contribution in [-0.2, 0) is 15.1 Å². The Morgan fingerprint density at radius 1 is 1.42 bits per heavy atom. The van der Waals surface area contributed by atoms with Crippen molar-refractivity contribution in [2.45, 2.75) is 32.5 Å². The Hall–Kier alpha value is -1.81. The highest BCUT2D eigenvalue weighted by Crippen LogP contribution is 2.57. The van der Waals surface area contributed by atoms with Crippen LogP contribution < -0.4 is 4.74 Å². The second-order valence-electron chi connectivity index (χ2n) is 4.65. The zero-order valence-corrected chi connectivity index (χ0v) is 11.6. The third-order valence-electron chi connectivity index (χ3n) is 3.64. The average Bonchev–Trinajstić information content (AvgIpc) is 2.42. The number of methoxy groups -OCH3 is 1. The van der Waals surface area contributed by atoms with Crippen molar-refractivity contribution < 1.29 is 19.4 Å². The lowest BCUT2D eigenvalue weighted by Gasteiger charge is -2.47. The maximum Gasteiger partial charge on any atom is 0.303 e. The van der Waals surface area contributed by atoms with Gasteiger partial charge in [-0.25, -0.2) is 0 Å². The van der Waals surface area contributed by atoms with Gasteiger partial charge in [0, 0.05) is 18.1 Å². The molecule has 0 aromatic heterocycles. The Kier molecular flexibility index (Phi) is 3.37. The Bertz CT molecular complexity index is 547. The molecule has 19 heavy (non-hydrogen) atoms. The van der Waals surface area contributed by atoms with Gasteiger partial charge in [-0.05, 0) is 25.5 Å². The molecule has 4 nitrogen and oxygen atoms in total. The minimum atomic E-state index is -1.30. The summed E-state index contributed by atoms with van der Waals surface area (Å²) in [7, 11) is 1.56. The first-order chi connectivity index (χ1) is 8.96. The quantitative estimate of drug-likeness (QED) is 0.671. The van der Waals surface area contributed by atoms with E-state index in [1.54, 1.807) is 13.2 Å². The largest absolute Gasteiger partial charge is 0.496 e. The number of rotatable bonds is 3. The lowest BCUT2D eigenvalue weighted by molar-refractivity contribution is -0.168. The van der Waals surface area contributed by atoms with E-state index in [1.165, 1.54) is 6.92 Å². The normalized spacial score (nSPS) is 25.3. The zero-order chi connectivity index (χ0) is 14.2. The van der Waals surface area contributed by atoms with Crippen molar-refractivity contribution in [3.8, 4) is 5.75 Å². The van der Waals surface area contributed by atoms with Crippen molar-refractivity contribution in [3.05, 3.63) is 41.0 Å². The predicted molar refractivity (Wildman–Crippen MR) is 70.8 cm³/mol. The third kappa shape index (κ3) is 1.83. The molecular formula is C15H18O4. The van der Waals surface area contributed by atoms with E-state index in [2.05, 4.69) is 0 Å². The van der Waals surface area contributed by atoms with E-state index >= 15 is 0 Å². The molecular weight excluding hydrogens is 244 g/mol. The number of ether oxygens (including phenoxy) is 2. The first-order valence-corrected chi connectivity index (χ1v) is 6.17. The molecule has 0 heterocycles. The molecule has 102 valence electrons. The summed E-state index contributed by atoms with van der Waals surface area (Å²) in [4.78, 5) is 11.2. The van der Waals surface area contributed by atoms with Crippen LogP contribution in [0.5, 0.6) is 5.75 Å². The van der Waals surface area contributed by atoms with Crippen LogP contribution in [0.1, 0.15) is 38.0 Å². The molecule has 4 heteroatoms. The molecule has 1 aromatic rings. The molecule has 1 N–H and O–H groups in total. The summed E-state index contributed by atoms with van der Waals surface area (Å²) in [6.45, 7) is 4.99. The summed E-state index contributed by atoms with van der Waals surface area (Å²) in [6.07, 6.45) is 1.14. The molecule has 0 amide bonds. The van der Waals surface area contributed by atoms with E-state index in [0.717, 1.165) is 11.1 Å². The van der Waals surface area contributed by atoms with Crippen molar-refractivity contribution in [1.29, 1.82) is 0 Å². The van der Waals surface area contributed by atoms with E-state index < -0.39 is 17.7 Å². The highest BCUT2D eigenvalue weighted by Gasteiger charge is 2.56. The number of carbonyl (C=O) groups excluding carboxylic acids is 1. The fraction of sp³-hybridized carbons (Fsp3) is 0.400. The molecule has 0 spiro atoms. The third-order valence-corrected chi connectivity index (χ3v) is 3.64. The molecule has 1 aromatic carbocycles. The van der Waals surface area contributed by atoms with E-state index in [-0.39, 0.29) is 0 Å². The highest BCUT2D eigenvalue weighted by molar-refractivity contribution is 5.69. The molecule has 0 fully saturated rings. The summed E-state index contributed by atoms with van der Waals surface area (Å²) in [6, 6.07) is 5.44. The van der Waals surface area contributed by atoms with E-state index in [4.69, 9.17) is 9.47 Å². The van der Waals surface area contributed by atoms with Crippen LogP contribution in [0, 0.1) is 0 Å². The smallest absolute Gasteiger partial charge is 0.303 e. The van der Waals surface area contributed by atoms with Crippen molar-refractivity contribution in [3.63, 3.8) is 0 Å². The Balaban J connectivity index is 2.58. The molecule has 1 aliphatic carbocycles. The highest BCUT2D eigenvalue weighted by atomic mass is 16.6. The fourth-order valence-corrected chi connectivity index (χ4v) is 2.56. The lowest BCUT2D eigenvalue weighted by Crippen LogP contribution is -2.47. The number of hydrogen-bond donors (Lipinski definition) is 1. The monoisotopic (exact) mass is 262 g/mol. The first-order valence-electron chi connectivity index (χ1n) is 6.17. The van der Waals surface area contributed by atoms with Crippen LogP contribution in [0.4, 0.5) is 0 Å². The Morgan fingerprint density at radius 2 is 2.11 bits per heavy atom. The molecule has 0 saturated heterocycles. The maximum absolute atomic E-state index is 11.2. The number of esters is 1. The van der Waals surface area contributed by atoms with Crippen LogP contribution in [-0.4, -0.2) is 18.2 Å². The van der Waals surface area contributed by atoms with Gasteiger partial charge in [-0.15, -0.1) is 0 Å². The van der Waals surface area contributed by atoms with Crippen LogP contribution in [0.2, 0.25) is 0 Å². The fourth-order valence-electron chi connectivity index (χ4n) is 2.56. The van der Waals surface area contributed by atoms with Gasteiger partial charge in [-0.1, -0.05) is 18.2 Å². The van der Waals surface area contributed by atoms with Gasteiger partial charge in [0.25, 0.3) is 0 Å². The van der Waals surface area contributed by atoms with Gasteiger partial charge in [0.05, 0.1) is 7.11 Å². The summed E-state index contributed by atoms with van der Waals surface area (Å²) in [5.74, 6) is 0.186. The van der Waals surface area contributed by atoms with Gasteiger partial charge in [0.15, 0.2) is 11.7 Å². The topological polar surface area (TPSA) is 55.8 Å². The lowest BCUT2D eigenvalue weighted by atomic mass is 9.66. The number of benzene rings is 1. The van der Waals surface area contributed by atoms with E-state index in [1.807, 2.05) is 32.1 Å². The van der Waals surface area contributed by atoms with Crippen molar-refractivity contribution in [1.82, 2.24) is 0 Å². The second-order valence-corrected chi connectivity index (χ2v) is 4.65. The predicted octanol–water partition coefficient (Wildman–Crippen LogP) is 2.47. The first kappa shape index (κ1) is 13.6. The van der Waals surface area contributed by atoms with Crippen LogP contribution in [0.3, 0.4) is 0 Å². The average molecular weight is 262 g/mol. The van der Waals surface area contributed by atoms with Gasteiger partial charge in [-0.2, -0.15) is 0 Å². The number of carbonyl (C=O) groups is 1. The van der Waals surface area contributed by atoms with Crippen molar-refractivity contribution in [2.24, 2.45) is 0 Å². The second kappa shape index (κ2) is 4.70. The van der Waals surface area contributed by atoms with Gasteiger partial charge < -0.3 is 14.6 Å². The number of aliphatic hydroxyl groups is 1. The minimum absolute atomic E-state index is 0.416. The molecule has 0 aliphatic heterocycles. The zero-order valence-electron chi connectivity index (χ0n) is 11.6. The number of hydrogen-bond acceptors (Lipinski definition) is 4. The van der Waals surface area contributed by atoms with E-state index in [0.29, 0.717) is 11.3 Å². The van der Waals surface area contributed by atoms with Crippen molar-refractivity contribution in [2.75, 3.05) is 7.11 Å². The Morgan fingerprint density at radius 3 is 2.63 bits per heavy atom. The molecule has 0 bridgehead atoms. The summed E-state index contributed by atoms with van der Waals surface area (Å²) >= 11 is 0. The standard InChI is InChI=1S/C15H18O4/c1-5-9(2)15(17)13-11(14(15)19-10(3)16)7-6-8-12(13)18-4/h5-8,14,17H,1-4H3/b9-5+/t14-,15+/m0/s1. The van der Waals surface area contributed by atoms with Gasteiger partial charge in [-0.3, -0.25) is 4.79 Å². The summed E-state index contributed by atoms with van der Waals surface area (Å²) in [5, 5.41) is 10.9. The van der Waals surface area contributed by atoms with Gasteiger partial charge >= 0.3 is 5.97 Å². The SMILES string of the molecule is C/C=C(\C)[C@@]1(O)c2c(OC)cccc2[C@@H]1OC(C)=O. The number of allylic oxidation sites excluding steroid dienone is 1. The molecule has 1 aliphatic rings. The van der Waals surface area contributed by atoms with Crippen LogP contribution in [0.25, 0.3) is 0 Å². The van der Waals surface area contributed by atoms with Crippen LogP contribution >= 0.6 is 0 Å². The molecule has 0 radical (unpaired) electrons. The van der Waals surface area contributed by atoms with E-state index in [9.17, 15) is 9.90 Å².